The van der Waals surface area contributed by atoms with Crippen molar-refractivity contribution >= 4 is 16.3 Å². The van der Waals surface area contributed by atoms with E-state index in [0.29, 0.717) is 4.96 Å². The molecule has 0 saturated carbocycles. The number of ether oxygens (including phenoxy) is 2. The van der Waals surface area contributed by atoms with Crippen LogP contribution in [0.15, 0.2) is 24.5 Å². The highest BCUT2D eigenvalue weighted by molar-refractivity contribution is 7.17. The summed E-state index contributed by atoms with van der Waals surface area (Å²) >= 11 is 1.46. The van der Waals surface area contributed by atoms with E-state index in [9.17, 15) is 5.11 Å². The van der Waals surface area contributed by atoms with Crippen LogP contribution < -0.4 is 9.47 Å². The van der Waals surface area contributed by atoms with Gasteiger partial charge in [-0.25, -0.2) is 4.98 Å². The van der Waals surface area contributed by atoms with E-state index in [-0.39, 0.29) is 11.9 Å². The summed E-state index contributed by atoms with van der Waals surface area (Å²) in [6.07, 6.45) is 1.45. The summed E-state index contributed by atoms with van der Waals surface area (Å²) in [5.41, 5.74) is 1.01. The molecule has 0 amide bonds. The molecule has 144 valence electrons. The zero-order valence-electron chi connectivity index (χ0n) is 15.6. The molecule has 1 saturated heterocycles. The minimum absolute atomic E-state index is 0.129. The van der Waals surface area contributed by atoms with Crippen molar-refractivity contribution in [2.75, 3.05) is 47.4 Å². The number of piperazine rings is 1. The zero-order valence-corrected chi connectivity index (χ0v) is 16.4. The van der Waals surface area contributed by atoms with Crippen LogP contribution in [-0.2, 0) is 0 Å². The van der Waals surface area contributed by atoms with E-state index in [1.165, 1.54) is 22.2 Å². The molecule has 1 unspecified atom stereocenters. The van der Waals surface area contributed by atoms with E-state index in [0.717, 1.165) is 48.1 Å². The first-order valence-electron chi connectivity index (χ1n) is 8.77. The quantitative estimate of drug-likeness (QED) is 0.714. The molecule has 4 rings (SSSR count). The Bertz CT molecular complexity index is 910. The Balaban J connectivity index is 1.83. The summed E-state index contributed by atoms with van der Waals surface area (Å²) in [4.78, 5) is 10.4. The molecule has 0 aliphatic carbocycles. The lowest BCUT2D eigenvalue weighted by molar-refractivity contribution is 0.127. The average Bonchev–Trinajstić information content (AvgIpc) is 3.27. The van der Waals surface area contributed by atoms with Gasteiger partial charge in [-0.3, -0.25) is 4.90 Å². The lowest BCUT2D eigenvalue weighted by Crippen LogP contribution is -2.46. The molecular weight excluding hydrogens is 366 g/mol. The van der Waals surface area contributed by atoms with E-state index in [1.54, 1.807) is 14.2 Å². The number of hydrogen-bond acceptors (Lipinski definition) is 8. The van der Waals surface area contributed by atoms with Crippen LogP contribution in [0.4, 0.5) is 0 Å². The molecule has 1 aromatic carbocycles. The highest BCUT2D eigenvalue weighted by Crippen LogP contribution is 2.41. The van der Waals surface area contributed by atoms with Crippen molar-refractivity contribution in [3.63, 3.8) is 0 Å². The molecular formula is C18H23N5O3S. The Morgan fingerprint density at radius 1 is 1.07 bits per heavy atom. The number of hydrogen-bond donors (Lipinski definition) is 1. The number of rotatable bonds is 5. The van der Waals surface area contributed by atoms with E-state index in [1.807, 2.05) is 18.2 Å². The highest BCUT2D eigenvalue weighted by atomic mass is 32.1. The molecule has 1 aliphatic heterocycles. The third-order valence-electron chi connectivity index (χ3n) is 4.98. The van der Waals surface area contributed by atoms with Crippen molar-refractivity contribution in [1.29, 1.82) is 0 Å². The van der Waals surface area contributed by atoms with Gasteiger partial charge in [0, 0.05) is 32.2 Å². The fourth-order valence-electron chi connectivity index (χ4n) is 3.47. The smallest absolute Gasteiger partial charge is 0.230 e. The standard InChI is InChI=1S/C18H23N5O3S/c1-21-4-6-22(7-5-21)15(12-8-13(25-2)10-14(9-12)26-3)16-17(24)23-18(27-16)19-11-20-23/h8-11,15,24H,4-7H2,1-3H3. The maximum Gasteiger partial charge on any atom is 0.230 e. The molecule has 3 aromatic rings. The summed E-state index contributed by atoms with van der Waals surface area (Å²) in [6, 6.07) is 5.73. The van der Waals surface area contributed by atoms with Gasteiger partial charge in [0.1, 0.15) is 17.8 Å². The number of aromatic nitrogens is 3. The fraction of sp³-hybridized carbons (Fsp3) is 0.444. The van der Waals surface area contributed by atoms with Gasteiger partial charge < -0.3 is 19.5 Å². The zero-order chi connectivity index (χ0) is 19.0. The molecule has 3 heterocycles. The second kappa shape index (κ2) is 7.34. The molecule has 9 heteroatoms. The summed E-state index contributed by atoms with van der Waals surface area (Å²) < 4.78 is 12.4. The van der Waals surface area contributed by atoms with Crippen molar-refractivity contribution in [2.45, 2.75) is 6.04 Å². The molecule has 1 fully saturated rings. The minimum atomic E-state index is -0.129. The Morgan fingerprint density at radius 3 is 2.33 bits per heavy atom. The van der Waals surface area contributed by atoms with E-state index >= 15 is 0 Å². The second-order valence-electron chi connectivity index (χ2n) is 6.63. The normalized spacial score (nSPS) is 17.3. The predicted molar refractivity (Wildman–Crippen MR) is 103 cm³/mol. The maximum atomic E-state index is 10.8. The number of methoxy groups -OCH3 is 2. The Morgan fingerprint density at radius 2 is 1.74 bits per heavy atom. The minimum Gasteiger partial charge on any atom is -0.497 e. The van der Waals surface area contributed by atoms with Crippen molar-refractivity contribution in [1.82, 2.24) is 24.4 Å². The van der Waals surface area contributed by atoms with Crippen LogP contribution >= 0.6 is 11.3 Å². The fourth-order valence-corrected chi connectivity index (χ4v) is 4.56. The van der Waals surface area contributed by atoms with Gasteiger partial charge in [-0.05, 0) is 24.7 Å². The van der Waals surface area contributed by atoms with E-state index in [2.05, 4.69) is 26.9 Å². The molecule has 1 aliphatic rings. The van der Waals surface area contributed by atoms with Crippen LogP contribution in [0.5, 0.6) is 17.4 Å². The highest BCUT2D eigenvalue weighted by Gasteiger charge is 2.31. The van der Waals surface area contributed by atoms with Gasteiger partial charge in [-0.15, -0.1) is 0 Å². The largest absolute Gasteiger partial charge is 0.497 e. The Labute approximate surface area is 161 Å². The number of fused-ring (bicyclic) bond motifs is 1. The SMILES string of the molecule is COc1cc(OC)cc(C(c2sc3ncnn3c2O)N2CCN(C)CC2)c1. The molecule has 0 spiro atoms. The van der Waals surface area contributed by atoms with Crippen LogP contribution in [0, 0.1) is 0 Å². The van der Waals surface area contributed by atoms with Gasteiger partial charge in [-0.2, -0.15) is 9.61 Å². The van der Waals surface area contributed by atoms with Gasteiger partial charge in [0.2, 0.25) is 10.8 Å². The molecule has 8 nitrogen and oxygen atoms in total. The van der Waals surface area contributed by atoms with Crippen molar-refractivity contribution in [2.24, 2.45) is 0 Å². The van der Waals surface area contributed by atoms with E-state index in [4.69, 9.17) is 9.47 Å². The van der Waals surface area contributed by atoms with Crippen LogP contribution in [0.25, 0.3) is 4.96 Å². The number of likely N-dealkylation sites (N-methyl/N-ethyl adjacent to an activating group) is 1. The third-order valence-corrected chi connectivity index (χ3v) is 6.07. The Kier molecular flexibility index (Phi) is 4.90. The summed E-state index contributed by atoms with van der Waals surface area (Å²) in [6.45, 7) is 3.74. The number of nitrogens with zero attached hydrogens (tertiary/aromatic N) is 5. The first-order valence-corrected chi connectivity index (χ1v) is 9.59. The van der Waals surface area contributed by atoms with Crippen molar-refractivity contribution in [3.8, 4) is 17.4 Å². The molecule has 27 heavy (non-hydrogen) atoms. The summed E-state index contributed by atoms with van der Waals surface area (Å²) in [5, 5.41) is 14.9. The lowest BCUT2D eigenvalue weighted by Gasteiger charge is -2.37. The second-order valence-corrected chi connectivity index (χ2v) is 7.64. The van der Waals surface area contributed by atoms with Gasteiger partial charge in [-0.1, -0.05) is 11.3 Å². The maximum absolute atomic E-state index is 10.8. The van der Waals surface area contributed by atoms with Gasteiger partial charge in [0.05, 0.1) is 25.1 Å². The van der Waals surface area contributed by atoms with E-state index < -0.39 is 0 Å². The predicted octanol–water partition coefficient (Wildman–Crippen LogP) is 1.85. The Hall–Kier alpha value is -2.36. The van der Waals surface area contributed by atoms with Crippen LogP contribution in [-0.4, -0.2) is 77.0 Å². The lowest BCUT2D eigenvalue weighted by atomic mass is 10.0. The third kappa shape index (κ3) is 3.33. The van der Waals surface area contributed by atoms with Crippen LogP contribution in [0.1, 0.15) is 16.5 Å². The van der Waals surface area contributed by atoms with Gasteiger partial charge in [0.25, 0.3) is 0 Å². The van der Waals surface area contributed by atoms with Crippen molar-refractivity contribution < 1.29 is 14.6 Å². The first-order chi connectivity index (χ1) is 13.1. The monoisotopic (exact) mass is 389 g/mol. The number of thiazole rings is 1. The van der Waals surface area contributed by atoms with Crippen LogP contribution in [0.3, 0.4) is 0 Å². The van der Waals surface area contributed by atoms with Gasteiger partial charge >= 0.3 is 0 Å². The van der Waals surface area contributed by atoms with Gasteiger partial charge in [0.15, 0.2) is 0 Å². The molecule has 0 bridgehead atoms. The number of benzene rings is 1. The summed E-state index contributed by atoms with van der Waals surface area (Å²) in [7, 11) is 5.41. The average molecular weight is 389 g/mol. The number of aromatic hydroxyl groups is 1. The molecule has 0 radical (unpaired) electrons. The molecule has 2 aromatic heterocycles. The molecule has 1 atom stereocenters. The van der Waals surface area contributed by atoms with Crippen LogP contribution in [0.2, 0.25) is 0 Å². The first kappa shape index (κ1) is 18.0. The van der Waals surface area contributed by atoms with Crippen molar-refractivity contribution in [3.05, 3.63) is 35.0 Å². The molecule has 1 N–H and O–H groups in total. The topological polar surface area (TPSA) is 75.4 Å². The summed E-state index contributed by atoms with van der Waals surface area (Å²) in [5.74, 6) is 1.59.